The van der Waals surface area contributed by atoms with Crippen molar-refractivity contribution in [2.24, 2.45) is 0 Å². The third kappa shape index (κ3) is 2.91. The molecule has 21 heavy (non-hydrogen) atoms. The SMILES string of the molecule is CCCc1[nH]c(=O)c2cc(OC)ccc2c1C(=O)OCC. The van der Waals surface area contributed by atoms with E-state index in [0.29, 0.717) is 40.8 Å². The van der Waals surface area contributed by atoms with Crippen molar-refractivity contribution in [3.05, 3.63) is 39.8 Å². The van der Waals surface area contributed by atoms with Crippen LogP contribution in [0.3, 0.4) is 0 Å². The molecule has 0 bridgehead atoms. The van der Waals surface area contributed by atoms with E-state index < -0.39 is 5.97 Å². The first kappa shape index (κ1) is 15.1. The number of pyridine rings is 1. The summed E-state index contributed by atoms with van der Waals surface area (Å²) < 4.78 is 10.3. The highest BCUT2D eigenvalue weighted by Crippen LogP contribution is 2.24. The number of ether oxygens (including phenoxy) is 2. The molecule has 0 saturated carbocycles. The number of hydrogen-bond acceptors (Lipinski definition) is 4. The number of H-pyrrole nitrogens is 1. The van der Waals surface area contributed by atoms with Gasteiger partial charge in [0, 0.05) is 11.1 Å². The first-order valence-corrected chi connectivity index (χ1v) is 7.02. The molecule has 0 fully saturated rings. The Bertz CT molecular complexity index is 718. The van der Waals surface area contributed by atoms with Gasteiger partial charge in [0.15, 0.2) is 0 Å². The molecule has 0 spiro atoms. The molecule has 1 aromatic carbocycles. The van der Waals surface area contributed by atoms with Crippen LogP contribution in [0.15, 0.2) is 23.0 Å². The van der Waals surface area contributed by atoms with Gasteiger partial charge in [-0.15, -0.1) is 0 Å². The number of aromatic amines is 1. The monoisotopic (exact) mass is 289 g/mol. The second kappa shape index (κ2) is 6.43. The number of benzene rings is 1. The predicted octanol–water partition coefficient (Wildman–Crippen LogP) is 2.67. The molecule has 5 heteroatoms. The van der Waals surface area contributed by atoms with Crippen LogP contribution in [0.2, 0.25) is 0 Å². The van der Waals surface area contributed by atoms with Crippen LogP contribution in [0.4, 0.5) is 0 Å². The molecular formula is C16H19NO4. The van der Waals surface area contributed by atoms with Gasteiger partial charge in [-0.05, 0) is 31.5 Å². The summed E-state index contributed by atoms with van der Waals surface area (Å²) in [6.45, 7) is 4.04. The second-order valence-electron chi connectivity index (χ2n) is 4.69. The summed E-state index contributed by atoms with van der Waals surface area (Å²) >= 11 is 0. The second-order valence-corrected chi connectivity index (χ2v) is 4.69. The van der Waals surface area contributed by atoms with Crippen molar-refractivity contribution in [3.8, 4) is 5.75 Å². The van der Waals surface area contributed by atoms with Crippen LogP contribution in [-0.2, 0) is 11.2 Å². The van der Waals surface area contributed by atoms with Gasteiger partial charge in [0.2, 0.25) is 0 Å². The maximum atomic E-state index is 12.2. The zero-order chi connectivity index (χ0) is 15.4. The van der Waals surface area contributed by atoms with Crippen LogP contribution < -0.4 is 10.3 Å². The first-order valence-electron chi connectivity index (χ1n) is 7.02. The van der Waals surface area contributed by atoms with Crippen molar-refractivity contribution in [1.82, 2.24) is 4.98 Å². The smallest absolute Gasteiger partial charge is 0.340 e. The highest BCUT2D eigenvalue weighted by Gasteiger charge is 2.19. The van der Waals surface area contributed by atoms with E-state index in [-0.39, 0.29) is 5.56 Å². The molecule has 0 unspecified atom stereocenters. The number of carbonyl (C=O) groups is 1. The zero-order valence-electron chi connectivity index (χ0n) is 12.5. The molecule has 112 valence electrons. The largest absolute Gasteiger partial charge is 0.497 e. The lowest BCUT2D eigenvalue weighted by atomic mass is 10.0. The summed E-state index contributed by atoms with van der Waals surface area (Å²) in [5, 5.41) is 1.03. The van der Waals surface area contributed by atoms with Gasteiger partial charge in [-0.25, -0.2) is 4.79 Å². The number of nitrogens with one attached hydrogen (secondary N) is 1. The van der Waals surface area contributed by atoms with Gasteiger partial charge in [0.1, 0.15) is 5.75 Å². The van der Waals surface area contributed by atoms with E-state index in [0.717, 1.165) is 6.42 Å². The first-order chi connectivity index (χ1) is 10.1. The average molecular weight is 289 g/mol. The minimum Gasteiger partial charge on any atom is -0.497 e. The highest BCUT2D eigenvalue weighted by molar-refractivity contribution is 6.05. The minimum absolute atomic E-state index is 0.222. The molecular weight excluding hydrogens is 270 g/mol. The number of rotatable bonds is 5. The van der Waals surface area contributed by atoms with Crippen molar-refractivity contribution < 1.29 is 14.3 Å². The molecule has 0 saturated heterocycles. The number of fused-ring (bicyclic) bond motifs is 1. The fraction of sp³-hybridized carbons (Fsp3) is 0.375. The molecule has 0 radical (unpaired) electrons. The predicted molar refractivity (Wildman–Crippen MR) is 81.1 cm³/mol. The van der Waals surface area contributed by atoms with E-state index in [1.807, 2.05) is 6.92 Å². The highest BCUT2D eigenvalue weighted by atomic mass is 16.5. The fourth-order valence-corrected chi connectivity index (χ4v) is 2.36. The molecule has 1 N–H and O–H groups in total. The number of aromatic nitrogens is 1. The summed E-state index contributed by atoms with van der Waals surface area (Å²) in [5.74, 6) is 0.165. The molecule has 2 aromatic rings. The molecule has 0 atom stereocenters. The summed E-state index contributed by atoms with van der Waals surface area (Å²) in [6, 6.07) is 5.10. The van der Waals surface area contributed by atoms with Crippen molar-refractivity contribution in [1.29, 1.82) is 0 Å². The van der Waals surface area contributed by atoms with E-state index in [9.17, 15) is 9.59 Å². The Balaban J connectivity index is 2.76. The quantitative estimate of drug-likeness (QED) is 0.859. The number of methoxy groups -OCH3 is 1. The Kier molecular flexibility index (Phi) is 4.62. The van der Waals surface area contributed by atoms with Gasteiger partial charge in [-0.1, -0.05) is 13.3 Å². The Morgan fingerprint density at radius 2 is 2.00 bits per heavy atom. The molecule has 2 rings (SSSR count). The number of esters is 1. The Labute approximate surface area is 122 Å². The van der Waals surface area contributed by atoms with E-state index in [4.69, 9.17) is 9.47 Å². The maximum Gasteiger partial charge on any atom is 0.340 e. The van der Waals surface area contributed by atoms with Gasteiger partial charge in [0.25, 0.3) is 5.56 Å². The standard InChI is InChI=1S/C16H19NO4/c1-4-6-13-14(16(19)21-5-2)11-8-7-10(20-3)9-12(11)15(18)17-13/h7-9H,4-6H2,1-3H3,(H,17,18). The molecule has 0 aliphatic rings. The van der Waals surface area contributed by atoms with E-state index >= 15 is 0 Å². The van der Waals surface area contributed by atoms with E-state index in [1.54, 1.807) is 25.1 Å². The van der Waals surface area contributed by atoms with Gasteiger partial charge in [-0.3, -0.25) is 4.79 Å². The fourth-order valence-electron chi connectivity index (χ4n) is 2.36. The topological polar surface area (TPSA) is 68.4 Å². The zero-order valence-corrected chi connectivity index (χ0v) is 12.5. The van der Waals surface area contributed by atoms with E-state index in [2.05, 4.69) is 4.98 Å². The average Bonchev–Trinajstić information content (AvgIpc) is 2.47. The summed E-state index contributed by atoms with van der Waals surface area (Å²) in [7, 11) is 1.53. The van der Waals surface area contributed by atoms with Crippen molar-refractivity contribution in [2.45, 2.75) is 26.7 Å². The molecule has 0 aliphatic heterocycles. The Morgan fingerprint density at radius 1 is 1.24 bits per heavy atom. The lowest BCUT2D eigenvalue weighted by molar-refractivity contribution is 0.0527. The normalized spacial score (nSPS) is 10.6. The van der Waals surface area contributed by atoms with Crippen molar-refractivity contribution in [3.63, 3.8) is 0 Å². The number of aryl methyl sites for hydroxylation is 1. The molecule has 0 amide bonds. The van der Waals surface area contributed by atoms with Crippen LogP contribution in [0.5, 0.6) is 5.75 Å². The van der Waals surface area contributed by atoms with Gasteiger partial charge in [-0.2, -0.15) is 0 Å². The minimum atomic E-state index is -0.410. The van der Waals surface area contributed by atoms with Gasteiger partial charge in [0.05, 0.1) is 24.7 Å². The van der Waals surface area contributed by atoms with Crippen LogP contribution in [0.25, 0.3) is 10.8 Å². The molecule has 1 heterocycles. The molecule has 5 nitrogen and oxygen atoms in total. The third-order valence-corrected chi connectivity index (χ3v) is 3.29. The lowest BCUT2D eigenvalue weighted by Gasteiger charge is -2.12. The van der Waals surface area contributed by atoms with Crippen molar-refractivity contribution in [2.75, 3.05) is 13.7 Å². The number of hydrogen-bond donors (Lipinski definition) is 1. The number of carbonyl (C=O) groups excluding carboxylic acids is 1. The van der Waals surface area contributed by atoms with Crippen molar-refractivity contribution >= 4 is 16.7 Å². The van der Waals surface area contributed by atoms with E-state index in [1.165, 1.54) is 7.11 Å². The van der Waals surface area contributed by atoms with Crippen LogP contribution in [0.1, 0.15) is 36.3 Å². The van der Waals surface area contributed by atoms with Crippen LogP contribution in [-0.4, -0.2) is 24.7 Å². The third-order valence-electron chi connectivity index (χ3n) is 3.29. The van der Waals surface area contributed by atoms with Crippen LogP contribution >= 0.6 is 0 Å². The Morgan fingerprint density at radius 3 is 2.62 bits per heavy atom. The van der Waals surface area contributed by atoms with Gasteiger partial charge >= 0.3 is 5.97 Å². The summed E-state index contributed by atoms with van der Waals surface area (Å²) in [5.41, 5.74) is 0.843. The lowest BCUT2D eigenvalue weighted by Crippen LogP contribution is -2.17. The molecule has 1 aromatic heterocycles. The summed E-state index contributed by atoms with van der Waals surface area (Å²) in [6.07, 6.45) is 1.44. The van der Waals surface area contributed by atoms with Gasteiger partial charge < -0.3 is 14.5 Å². The van der Waals surface area contributed by atoms with Crippen LogP contribution in [0, 0.1) is 0 Å². The summed E-state index contributed by atoms with van der Waals surface area (Å²) in [4.78, 5) is 27.3. The molecule has 0 aliphatic carbocycles. The Hall–Kier alpha value is -2.30. The maximum absolute atomic E-state index is 12.2.